The van der Waals surface area contributed by atoms with Gasteiger partial charge in [0.25, 0.3) is 0 Å². The highest BCUT2D eigenvalue weighted by Crippen LogP contribution is 1.85. The van der Waals surface area contributed by atoms with Gasteiger partial charge in [-0.3, -0.25) is 0 Å². The molecule has 0 amide bonds. The van der Waals surface area contributed by atoms with E-state index in [-0.39, 0.29) is 0 Å². The normalized spacial score (nSPS) is 10.3. The van der Waals surface area contributed by atoms with Crippen LogP contribution in [0.25, 0.3) is 0 Å². The van der Waals surface area contributed by atoms with Gasteiger partial charge < -0.3 is 21.7 Å². The lowest BCUT2D eigenvalue weighted by atomic mass is 10.3. The van der Waals surface area contributed by atoms with E-state index in [1.807, 2.05) is 0 Å². The number of nitrogens with two attached hydrogens (primary N) is 1. The van der Waals surface area contributed by atoms with Crippen molar-refractivity contribution in [2.24, 2.45) is 5.73 Å². The van der Waals surface area contributed by atoms with Gasteiger partial charge in [0.15, 0.2) is 0 Å². The minimum absolute atomic E-state index is 0.785. The van der Waals surface area contributed by atoms with Crippen LogP contribution in [0.15, 0.2) is 12.8 Å². The standard InChI is InChI=1S/C12H28N4/c1-2-14-11-6-12-16-9-4-3-8-15-10-5-7-13/h2,14-16H,1,3-13H2. The van der Waals surface area contributed by atoms with E-state index in [0.29, 0.717) is 0 Å². The molecule has 0 bridgehead atoms. The first-order valence-corrected chi connectivity index (χ1v) is 6.37. The molecule has 0 aromatic carbocycles. The lowest BCUT2D eigenvalue weighted by molar-refractivity contribution is 0.566. The van der Waals surface area contributed by atoms with Crippen molar-refractivity contribution >= 4 is 0 Å². The van der Waals surface area contributed by atoms with Gasteiger partial charge in [0.2, 0.25) is 0 Å². The second kappa shape index (κ2) is 14.4. The van der Waals surface area contributed by atoms with E-state index >= 15 is 0 Å². The Hall–Kier alpha value is -0.580. The number of hydrogen-bond donors (Lipinski definition) is 4. The summed E-state index contributed by atoms with van der Waals surface area (Å²) in [6.07, 6.45) is 6.45. The maximum Gasteiger partial charge on any atom is 0.0153 e. The van der Waals surface area contributed by atoms with Gasteiger partial charge in [0.1, 0.15) is 0 Å². The largest absolute Gasteiger partial charge is 0.391 e. The van der Waals surface area contributed by atoms with Crippen LogP contribution >= 0.6 is 0 Å². The fraction of sp³-hybridized carbons (Fsp3) is 0.833. The number of rotatable bonds is 13. The molecule has 0 heterocycles. The van der Waals surface area contributed by atoms with E-state index < -0.39 is 0 Å². The van der Waals surface area contributed by atoms with Crippen molar-refractivity contribution in [2.45, 2.75) is 25.7 Å². The van der Waals surface area contributed by atoms with Crippen LogP contribution in [0.3, 0.4) is 0 Å². The molecular formula is C12H28N4. The maximum atomic E-state index is 5.40. The summed E-state index contributed by atoms with van der Waals surface area (Å²) >= 11 is 0. The van der Waals surface area contributed by atoms with Crippen molar-refractivity contribution in [3.05, 3.63) is 12.8 Å². The van der Waals surface area contributed by atoms with E-state index in [9.17, 15) is 0 Å². The number of nitrogens with one attached hydrogen (secondary N) is 3. The summed E-state index contributed by atoms with van der Waals surface area (Å²) in [5.74, 6) is 0. The first-order valence-electron chi connectivity index (χ1n) is 6.37. The molecule has 0 fully saturated rings. The predicted octanol–water partition coefficient (Wildman–Crippen LogP) is 0.418. The average molecular weight is 228 g/mol. The van der Waals surface area contributed by atoms with Crippen LogP contribution in [-0.2, 0) is 0 Å². The van der Waals surface area contributed by atoms with Crippen LogP contribution in [0.5, 0.6) is 0 Å². The highest BCUT2D eigenvalue weighted by atomic mass is 14.9. The monoisotopic (exact) mass is 228 g/mol. The molecule has 0 saturated heterocycles. The van der Waals surface area contributed by atoms with Crippen LogP contribution < -0.4 is 21.7 Å². The molecule has 0 aliphatic heterocycles. The lowest BCUT2D eigenvalue weighted by Crippen LogP contribution is -2.22. The van der Waals surface area contributed by atoms with Crippen molar-refractivity contribution in [1.82, 2.24) is 16.0 Å². The summed E-state index contributed by atoms with van der Waals surface area (Å²) < 4.78 is 0. The fourth-order valence-corrected chi connectivity index (χ4v) is 1.39. The number of hydrogen-bond acceptors (Lipinski definition) is 4. The molecule has 0 radical (unpaired) electrons. The van der Waals surface area contributed by atoms with Gasteiger partial charge in [-0.15, -0.1) is 0 Å². The highest BCUT2D eigenvalue weighted by molar-refractivity contribution is 4.62. The molecule has 0 saturated carbocycles. The van der Waals surface area contributed by atoms with Gasteiger partial charge in [-0.2, -0.15) is 0 Å². The van der Waals surface area contributed by atoms with E-state index in [2.05, 4.69) is 22.5 Å². The third-order valence-electron chi connectivity index (χ3n) is 2.33. The molecule has 0 atom stereocenters. The molecule has 4 heteroatoms. The van der Waals surface area contributed by atoms with Crippen LogP contribution in [-0.4, -0.2) is 39.3 Å². The van der Waals surface area contributed by atoms with Gasteiger partial charge in [0.05, 0.1) is 0 Å². The first kappa shape index (κ1) is 15.4. The molecule has 0 spiro atoms. The van der Waals surface area contributed by atoms with Crippen molar-refractivity contribution in [2.75, 3.05) is 39.3 Å². The van der Waals surface area contributed by atoms with E-state index in [1.165, 1.54) is 12.8 Å². The zero-order valence-electron chi connectivity index (χ0n) is 10.4. The van der Waals surface area contributed by atoms with Crippen molar-refractivity contribution in [3.8, 4) is 0 Å². The quantitative estimate of drug-likeness (QED) is 0.345. The third kappa shape index (κ3) is 13.4. The molecule has 0 aliphatic rings. The SMILES string of the molecule is C=CNCCCNCCCCNCCCN. The number of unbranched alkanes of at least 4 members (excludes halogenated alkanes) is 1. The highest BCUT2D eigenvalue weighted by Gasteiger charge is 1.90. The Morgan fingerprint density at radius 3 is 1.94 bits per heavy atom. The summed E-state index contributed by atoms with van der Waals surface area (Å²) in [5, 5.41) is 9.88. The summed E-state index contributed by atoms with van der Waals surface area (Å²) in [5.41, 5.74) is 5.40. The molecule has 0 rings (SSSR count). The maximum absolute atomic E-state index is 5.40. The van der Waals surface area contributed by atoms with Gasteiger partial charge in [0, 0.05) is 6.54 Å². The summed E-state index contributed by atoms with van der Waals surface area (Å²) in [6.45, 7) is 9.77. The van der Waals surface area contributed by atoms with Crippen LogP contribution in [0.4, 0.5) is 0 Å². The fourth-order valence-electron chi connectivity index (χ4n) is 1.39. The molecule has 0 aliphatic carbocycles. The first-order chi connectivity index (χ1) is 7.91. The Morgan fingerprint density at radius 2 is 1.38 bits per heavy atom. The van der Waals surface area contributed by atoms with Gasteiger partial charge >= 0.3 is 0 Å². The Kier molecular flexibility index (Phi) is 13.9. The topological polar surface area (TPSA) is 62.1 Å². The van der Waals surface area contributed by atoms with Crippen molar-refractivity contribution < 1.29 is 0 Å². The summed E-state index contributed by atoms with van der Waals surface area (Å²) in [4.78, 5) is 0. The summed E-state index contributed by atoms with van der Waals surface area (Å²) in [7, 11) is 0. The third-order valence-corrected chi connectivity index (χ3v) is 2.33. The summed E-state index contributed by atoms with van der Waals surface area (Å²) in [6, 6.07) is 0. The zero-order valence-corrected chi connectivity index (χ0v) is 10.4. The van der Waals surface area contributed by atoms with E-state index in [0.717, 1.165) is 52.1 Å². The van der Waals surface area contributed by atoms with Gasteiger partial charge in [-0.25, -0.2) is 0 Å². The second-order valence-corrected chi connectivity index (χ2v) is 3.86. The van der Waals surface area contributed by atoms with Crippen molar-refractivity contribution in [1.29, 1.82) is 0 Å². The molecule has 0 unspecified atom stereocenters. The second-order valence-electron chi connectivity index (χ2n) is 3.86. The van der Waals surface area contributed by atoms with Gasteiger partial charge in [-0.1, -0.05) is 6.58 Å². The zero-order chi connectivity index (χ0) is 11.9. The molecule has 0 aromatic rings. The predicted molar refractivity (Wildman–Crippen MR) is 71.5 cm³/mol. The average Bonchev–Trinajstić information content (AvgIpc) is 2.31. The lowest BCUT2D eigenvalue weighted by Gasteiger charge is -2.05. The molecule has 4 nitrogen and oxygen atoms in total. The molecular weight excluding hydrogens is 200 g/mol. The minimum Gasteiger partial charge on any atom is -0.391 e. The molecule has 0 aromatic heterocycles. The molecule has 96 valence electrons. The Balaban J connectivity index is 2.85. The van der Waals surface area contributed by atoms with E-state index in [4.69, 9.17) is 5.73 Å². The Bertz CT molecular complexity index is 139. The van der Waals surface area contributed by atoms with E-state index in [1.54, 1.807) is 6.20 Å². The van der Waals surface area contributed by atoms with Crippen LogP contribution in [0.1, 0.15) is 25.7 Å². The minimum atomic E-state index is 0.785. The Morgan fingerprint density at radius 1 is 0.812 bits per heavy atom. The smallest absolute Gasteiger partial charge is 0.0153 e. The van der Waals surface area contributed by atoms with Crippen LogP contribution in [0, 0.1) is 0 Å². The molecule has 5 N–H and O–H groups in total. The van der Waals surface area contributed by atoms with Crippen LogP contribution in [0.2, 0.25) is 0 Å². The molecule has 16 heavy (non-hydrogen) atoms. The van der Waals surface area contributed by atoms with Gasteiger partial charge in [-0.05, 0) is 64.6 Å². The Labute approximate surface area is 100 Å². The van der Waals surface area contributed by atoms with Crippen molar-refractivity contribution in [3.63, 3.8) is 0 Å².